The first-order chi connectivity index (χ1) is 10.7. The van der Waals surface area contributed by atoms with Crippen LogP contribution in [0.5, 0.6) is 0 Å². The fourth-order valence-electron chi connectivity index (χ4n) is 3.21. The van der Waals surface area contributed by atoms with Crippen LogP contribution in [0.1, 0.15) is 5.56 Å². The van der Waals surface area contributed by atoms with Gasteiger partial charge in [0.1, 0.15) is 0 Å². The molecule has 0 aliphatic rings. The Hall–Kier alpha value is -1.61. The zero-order chi connectivity index (χ0) is 17.1. The third kappa shape index (κ3) is 4.68. The van der Waals surface area contributed by atoms with E-state index in [4.69, 9.17) is 0 Å². The Morgan fingerprint density at radius 3 is 1.83 bits per heavy atom. The summed E-state index contributed by atoms with van der Waals surface area (Å²) in [5.74, 6) is 0. The summed E-state index contributed by atoms with van der Waals surface area (Å²) in [4.78, 5) is 1.62. The van der Waals surface area contributed by atoms with E-state index in [0.717, 1.165) is 0 Å². The molecule has 2 rings (SSSR count). The predicted molar refractivity (Wildman–Crippen MR) is 110 cm³/mol. The second kappa shape index (κ2) is 6.88. The summed E-state index contributed by atoms with van der Waals surface area (Å²) in [7, 11) is -2.67. The third-order valence-corrected chi connectivity index (χ3v) is 11.7. The molecule has 0 N–H and O–H groups in total. The molecule has 120 valence electrons. The fourth-order valence-corrected chi connectivity index (χ4v) is 13.2. The summed E-state index contributed by atoms with van der Waals surface area (Å²) in [6, 6.07) is 19.2. The fraction of sp³-hybridized carbons (Fsp3) is 0.286. The van der Waals surface area contributed by atoms with Gasteiger partial charge in [-0.1, -0.05) is 98.7 Å². The Morgan fingerprint density at radius 2 is 1.26 bits per heavy atom. The number of benzene rings is 2. The molecule has 2 heteroatoms. The smallest absolute Gasteiger partial charge is 0.0773 e. The van der Waals surface area contributed by atoms with E-state index in [1.54, 1.807) is 4.82 Å². The van der Waals surface area contributed by atoms with Crippen LogP contribution in [0.3, 0.4) is 0 Å². The lowest BCUT2D eigenvalue weighted by atomic mass is 10.00. The molecule has 0 aromatic heterocycles. The van der Waals surface area contributed by atoms with Crippen LogP contribution in [-0.4, -0.2) is 16.1 Å². The van der Waals surface area contributed by atoms with Crippen LogP contribution < -0.4 is 0 Å². The van der Waals surface area contributed by atoms with E-state index in [0.29, 0.717) is 0 Å². The van der Waals surface area contributed by atoms with Gasteiger partial charge in [0.25, 0.3) is 0 Å². The maximum absolute atomic E-state index is 3.74. The predicted octanol–water partition coefficient (Wildman–Crippen LogP) is 6.65. The van der Waals surface area contributed by atoms with E-state index in [1.165, 1.54) is 16.7 Å². The zero-order valence-corrected chi connectivity index (χ0v) is 17.3. The molecule has 2 aromatic carbocycles. The van der Waals surface area contributed by atoms with Crippen LogP contribution >= 0.6 is 0 Å². The normalized spacial score (nSPS) is 11.7. The first-order valence-electron chi connectivity index (χ1n) is 8.32. The molecule has 23 heavy (non-hydrogen) atoms. The Kier molecular flexibility index (Phi) is 5.31. The first kappa shape index (κ1) is 17.7. The minimum atomic E-state index is -1.34. The second-order valence-corrected chi connectivity index (χ2v) is 18.6. The Labute approximate surface area is 143 Å². The van der Waals surface area contributed by atoms with Gasteiger partial charge in [-0.05, 0) is 22.8 Å². The van der Waals surface area contributed by atoms with Crippen molar-refractivity contribution in [3.63, 3.8) is 0 Å². The zero-order valence-electron chi connectivity index (χ0n) is 15.3. The van der Waals surface area contributed by atoms with Crippen LogP contribution in [0.25, 0.3) is 17.2 Å². The average molecular weight is 337 g/mol. The molecule has 0 saturated heterocycles. The number of hydrogen-bond acceptors (Lipinski definition) is 0. The molecule has 0 amide bonds. The molecule has 0 fully saturated rings. The minimum absolute atomic E-state index is 1.26. The van der Waals surface area contributed by atoms with E-state index in [1.807, 2.05) is 0 Å². The Morgan fingerprint density at radius 1 is 0.739 bits per heavy atom. The highest BCUT2D eigenvalue weighted by atomic mass is 28.4. The molecule has 0 aliphatic carbocycles. The van der Waals surface area contributed by atoms with Gasteiger partial charge in [-0.3, -0.25) is 0 Å². The van der Waals surface area contributed by atoms with Crippen molar-refractivity contribution in [2.75, 3.05) is 0 Å². The summed E-state index contributed by atoms with van der Waals surface area (Å²) in [5, 5.41) is 0. The van der Waals surface area contributed by atoms with Crippen LogP contribution in [-0.2, 0) is 0 Å². The van der Waals surface area contributed by atoms with Crippen molar-refractivity contribution >= 4 is 22.2 Å². The lowest BCUT2D eigenvalue weighted by Gasteiger charge is -2.29. The number of rotatable bonds is 4. The Bertz CT molecular complexity index is 706. The minimum Gasteiger partial charge on any atom is -0.130 e. The van der Waals surface area contributed by atoms with E-state index in [9.17, 15) is 0 Å². The quantitative estimate of drug-likeness (QED) is 0.433. The van der Waals surface area contributed by atoms with Crippen molar-refractivity contribution in [1.82, 2.24) is 0 Å². The van der Waals surface area contributed by atoms with Gasteiger partial charge in [0.05, 0.1) is 16.1 Å². The van der Waals surface area contributed by atoms with Crippen LogP contribution in [0, 0.1) is 0 Å². The van der Waals surface area contributed by atoms with Crippen LogP contribution in [0.4, 0.5) is 0 Å². The molecular formula is C21H28Si2. The molecule has 0 spiro atoms. The Balaban J connectivity index is 2.58. The van der Waals surface area contributed by atoms with Crippen LogP contribution in [0.15, 0.2) is 65.1 Å². The summed E-state index contributed by atoms with van der Waals surface area (Å²) in [6.07, 6.45) is 2.22. The highest BCUT2D eigenvalue weighted by molar-refractivity contribution is 7.04. The van der Waals surface area contributed by atoms with E-state index >= 15 is 0 Å². The second-order valence-electron chi connectivity index (χ2n) is 8.12. The molecule has 0 atom stereocenters. The van der Waals surface area contributed by atoms with Gasteiger partial charge in [0, 0.05) is 0 Å². The summed E-state index contributed by atoms with van der Waals surface area (Å²) < 4.78 is 0. The van der Waals surface area contributed by atoms with Gasteiger partial charge in [0.15, 0.2) is 0 Å². The van der Waals surface area contributed by atoms with Gasteiger partial charge in [-0.2, -0.15) is 0 Å². The molecule has 0 unspecified atom stereocenters. The molecule has 0 radical (unpaired) electrons. The highest BCUT2D eigenvalue weighted by Gasteiger charge is 2.30. The van der Waals surface area contributed by atoms with Crippen LogP contribution in [0.2, 0.25) is 39.3 Å². The standard InChI is InChI=1S/C21H28Si2/c1-22(2,3)21(23(4,5)6)17-16-19-14-10-11-15-20(19)18-12-8-7-9-13-18/h7-16H,1-6H3. The van der Waals surface area contributed by atoms with Crippen molar-refractivity contribution in [2.45, 2.75) is 39.3 Å². The van der Waals surface area contributed by atoms with Crippen molar-refractivity contribution in [3.8, 4) is 11.1 Å². The molecular weight excluding hydrogens is 308 g/mol. The maximum atomic E-state index is 3.74. The van der Waals surface area contributed by atoms with Crippen molar-refractivity contribution < 1.29 is 0 Å². The first-order valence-corrected chi connectivity index (χ1v) is 15.3. The SMILES string of the molecule is C[Si](C)(C)C(=C=Cc1ccccc1-c1ccccc1)[Si](C)(C)C. The molecule has 0 saturated carbocycles. The molecule has 0 aliphatic heterocycles. The lowest BCUT2D eigenvalue weighted by Crippen LogP contribution is -2.39. The lowest BCUT2D eigenvalue weighted by molar-refractivity contribution is 1.59. The topological polar surface area (TPSA) is 0 Å². The van der Waals surface area contributed by atoms with Gasteiger partial charge in [-0.15, -0.1) is 5.73 Å². The van der Waals surface area contributed by atoms with Crippen molar-refractivity contribution in [1.29, 1.82) is 0 Å². The van der Waals surface area contributed by atoms with Crippen molar-refractivity contribution in [3.05, 3.63) is 70.7 Å². The van der Waals surface area contributed by atoms with Gasteiger partial charge in [0.2, 0.25) is 0 Å². The van der Waals surface area contributed by atoms with E-state index in [-0.39, 0.29) is 0 Å². The average Bonchev–Trinajstić information content (AvgIpc) is 2.46. The van der Waals surface area contributed by atoms with Gasteiger partial charge in [-0.25, -0.2) is 0 Å². The monoisotopic (exact) mass is 336 g/mol. The molecule has 2 aromatic rings. The third-order valence-electron chi connectivity index (χ3n) is 3.92. The summed E-state index contributed by atoms with van der Waals surface area (Å²) in [5.41, 5.74) is 7.55. The van der Waals surface area contributed by atoms with Gasteiger partial charge < -0.3 is 0 Å². The molecule has 0 nitrogen and oxygen atoms in total. The van der Waals surface area contributed by atoms with Gasteiger partial charge >= 0.3 is 0 Å². The summed E-state index contributed by atoms with van der Waals surface area (Å²) >= 11 is 0. The van der Waals surface area contributed by atoms with E-state index in [2.05, 4.69) is 106 Å². The van der Waals surface area contributed by atoms with Crippen molar-refractivity contribution in [2.24, 2.45) is 0 Å². The van der Waals surface area contributed by atoms with E-state index < -0.39 is 16.1 Å². The largest absolute Gasteiger partial charge is 0.130 e. The summed E-state index contributed by atoms with van der Waals surface area (Å²) in [6.45, 7) is 14.6. The maximum Gasteiger partial charge on any atom is 0.0773 e. The molecule has 0 bridgehead atoms. The highest BCUT2D eigenvalue weighted by Crippen LogP contribution is 2.27. The number of hydrogen-bond donors (Lipinski definition) is 0. The molecule has 0 heterocycles.